The normalized spacial score (nSPS) is 9.85. The summed E-state index contributed by atoms with van der Waals surface area (Å²) in [5.41, 5.74) is 3.73. The lowest BCUT2D eigenvalue weighted by Crippen LogP contribution is -1.89. The third-order valence-electron chi connectivity index (χ3n) is 1.59. The van der Waals surface area contributed by atoms with Crippen molar-refractivity contribution in [1.82, 2.24) is 9.97 Å². The summed E-state index contributed by atoms with van der Waals surface area (Å²) in [6, 6.07) is 5.30. The number of nitrogens with zero attached hydrogens (tertiary/aromatic N) is 2. The molecule has 0 aliphatic rings. The predicted octanol–water partition coefficient (Wildman–Crippen LogP) is 2.02. The van der Waals surface area contributed by atoms with Gasteiger partial charge in [-0.1, -0.05) is 6.07 Å². The number of carbonyl (C=O) groups excluding carboxylic acids is 1. The van der Waals surface area contributed by atoms with Crippen molar-refractivity contribution in [3.8, 4) is 11.4 Å². The first-order valence-corrected chi connectivity index (χ1v) is 4.65. The molecule has 3 nitrogen and oxygen atoms in total. The van der Waals surface area contributed by atoms with Gasteiger partial charge in [-0.25, -0.2) is 9.97 Å². The molecule has 0 aliphatic carbocycles. The number of rotatable bonds is 2. The molecule has 2 rings (SSSR count). The molecule has 2 heterocycles. The van der Waals surface area contributed by atoms with Crippen LogP contribution in [0.3, 0.4) is 0 Å². The van der Waals surface area contributed by atoms with E-state index in [1.165, 1.54) is 11.3 Å². The number of aldehydes is 1. The molecule has 0 aromatic carbocycles. The molecular weight excluding hydrogens is 184 g/mol. The molecule has 13 heavy (non-hydrogen) atoms. The van der Waals surface area contributed by atoms with Gasteiger partial charge in [0.05, 0.1) is 16.9 Å². The van der Waals surface area contributed by atoms with Crippen LogP contribution in [0.5, 0.6) is 0 Å². The van der Waals surface area contributed by atoms with Crippen LogP contribution in [0.15, 0.2) is 29.1 Å². The van der Waals surface area contributed by atoms with Gasteiger partial charge in [-0.2, -0.15) is 0 Å². The zero-order valence-corrected chi connectivity index (χ0v) is 7.49. The topological polar surface area (TPSA) is 42.9 Å². The second kappa shape index (κ2) is 3.45. The highest BCUT2D eigenvalue weighted by Crippen LogP contribution is 2.15. The lowest BCUT2D eigenvalue weighted by Gasteiger charge is -1.95. The summed E-state index contributed by atoms with van der Waals surface area (Å²) >= 11 is 1.51. The Morgan fingerprint density at radius 3 is 2.92 bits per heavy atom. The van der Waals surface area contributed by atoms with Gasteiger partial charge in [0, 0.05) is 5.38 Å². The van der Waals surface area contributed by atoms with E-state index in [0.717, 1.165) is 17.7 Å². The van der Waals surface area contributed by atoms with Crippen molar-refractivity contribution in [1.29, 1.82) is 0 Å². The van der Waals surface area contributed by atoms with E-state index in [1.807, 2.05) is 11.4 Å². The summed E-state index contributed by atoms with van der Waals surface area (Å²) in [4.78, 5) is 18.7. The molecule has 2 aromatic rings. The molecular formula is C9H6N2OS. The van der Waals surface area contributed by atoms with Crippen molar-refractivity contribution in [2.45, 2.75) is 0 Å². The number of thiazole rings is 1. The number of hydrogen-bond acceptors (Lipinski definition) is 4. The van der Waals surface area contributed by atoms with E-state index in [1.54, 1.807) is 17.6 Å². The first-order valence-electron chi connectivity index (χ1n) is 3.71. The summed E-state index contributed by atoms with van der Waals surface area (Å²) in [7, 11) is 0. The number of carbonyl (C=O) groups is 1. The number of hydrogen-bond donors (Lipinski definition) is 0. The molecule has 4 heteroatoms. The van der Waals surface area contributed by atoms with Crippen molar-refractivity contribution >= 4 is 17.6 Å². The molecule has 0 spiro atoms. The highest BCUT2D eigenvalue weighted by molar-refractivity contribution is 7.07. The highest BCUT2D eigenvalue weighted by Gasteiger charge is 2.01. The van der Waals surface area contributed by atoms with Gasteiger partial charge in [0.2, 0.25) is 0 Å². The van der Waals surface area contributed by atoms with Crippen molar-refractivity contribution in [2.75, 3.05) is 0 Å². The molecule has 0 fully saturated rings. The van der Waals surface area contributed by atoms with Crippen molar-refractivity contribution in [3.63, 3.8) is 0 Å². The van der Waals surface area contributed by atoms with Crippen LogP contribution in [0.25, 0.3) is 11.4 Å². The zero-order chi connectivity index (χ0) is 9.10. The minimum atomic E-state index is 0.436. The first kappa shape index (κ1) is 8.07. The Morgan fingerprint density at radius 2 is 2.23 bits per heavy atom. The SMILES string of the molecule is O=Cc1cccc(-c2cscn2)n1. The third kappa shape index (κ3) is 1.62. The maximum atomic E-state index is 10.4. The molecule has 0 aliphatic heterocycles. The zero-order valence-electron chi connectivity index (χ0n) is 6.68. The van der Waals surface area contributed by atoms with Crippen LogP contribution in [-0.2, 0) is 0 Å². The van der Waals surface area contributed by atoms with Crippen LogP contribution in [0.4, 0.5) is 0 Å². The molecule has 0 bridgehead atoms. The summed E-state index contributed by atoms with van der Waals surface area (Å²) in [6.07, 6.45) is 0.732. The fraction of sp³-hybridized carbons (Fsp3) is 0. The molecule has 0 saturated heterocycles. The van der Waals surface area contributed by atoms with Crippen LogP contribution in [0, 0.1) is 0 Å². The maximum absolute atomic E-state index is 10.4. The molecule has 64 valence electrons. The quantitative estimate of drug-likeness (QED) is 0.680. The largest absolute Gasteiger partial charge is 0.296 e. The van der Waals surface area contributed by atoms with E-state index in [-0.39, 0.29) is 0 Å². The fourth-order valence-electron chi connectivity index (χ4n) is 0.999. The Hall–Kier alpha value is -1.55. The summed E-state index contributed by atoms with van der Waals surface area (Å²) < 4.78 is 0. The van der Waals surface area contributed by atoms with Gasteiger partial charge >= 0.3 is 0 Å². The summed E-state index contributed by atoms with van der Waals surface area (Å²) in [6.45, 7) is 0. The molecule has 0 N–H and O–H groups in total. The van der Waals surface area contributed by atoms with Gasteiger partial charge in [0.15, 0.2) is 6.29 Å². The Labute approximate surface area is 79.1 Å². The highest BCUT2D eigenvalue weighted by atomic mass is 32.1. The van der Waals surface area contributed by atoms with E-state index in [0.29, 0.717) is 5.69 Å². The summed E-state index contributed by atoms with van der Waals surface area (Å²) in [5.74, 6) is 0. The minimum Gasteiger partial charge on any atom is -0.296 e. The molecule has 2 aromatic heterocycles. The lowest BCUT2D eigenvalue weighted by atomic mass is 10.2. The number of aromatic nitrogens is 2. The van der Waals surface area contributed by atoms with Crippen molar-refractivity contribution < 1.29 is 4.79 Å². The second-order valence-corrected chi connectivity index (χ2v) is 3.16. The van der Waals surface area contributed by atoms with Gasteiger partial charge in [-0.05, 0) is 12.1 Å². The Balaban J connectivity index is 2.47. The predicted molar refractivity (Wildman–Crippen MR) is 50.7 cm³/mol. The van der Waals surface area contributed by atoms with Crippen LogP contribution < -0.4 is 0 Å². The molecule has 0 unspecified atom stereocenters. The number of pyridine rings is 1. The average Bonchev–Trinajstić information content (AvgIpc) is 2.71. The van der Waals surface area contributed by atoms with E-state index < -0.39 is 0 Å². The first-order chi connectivity index (χ1) is 6.40. The molecule has 0 radical (unpaired) electrons. The van der Waals surface area contributed by atoms with E-state index in [2.05, 4.69) is 9.97 Å². The monoisotopic (exact) mass is 190 g/mol. The van der Waals surface area contributed by atoms with Crippen molar-refractivity contribution in [2.24, 2.45) is 0 Å². The molecule has 0 amide bonds. The standard InChI is InChI=1S/C9H6N2OS/c12-4-7-2-1-3-8(11-7)9-5-13-6-10-9/h1-6H. The Kier molecular flexibility index (Phi) is 2.14. The van der Waals surface area contributed by atoms with Gasteiger partial charge < -0.3 is 0 Å². The third-order valence-corrected chi connectivity index (χ3v) is 2.17. The maximum Gasteiger partial charge on any atom is 0.168 e. The summed E-state index contributed by atoms with van der Waals surface area (Å²) in [5, 5.41) is 1.90. The minimum absolute atomic E-state index is 0.436. The van der Waals surface area contributed by atoms with E-state index in [9.17, 15) is 4.79 Å². The average molecular weight is 190 g/mol. The van der Waals surface area contributed by atoms with Gasteiger partial charge in [-0.15, -0.1) is 11.3 Å². The fourth-order valence-corrected chi connectivity index (χ4v) is 1.54. The van der Waals surface area contributed by atoms with Crippen molar-refractivity contribution in [3.05, 3.63) is 34.8 Å². The van der Waals surface area contributed by atoms with E-state index >= 15 is 0 Å². The lowest BCUT2D eigenvalue weighted by molar-refractivity contribution is 0.111. The van der Waals surface area contributed by atoms with Gasteiger partial charge in [0.25, 0.3) is 0 Å². The Bertz CT molecular complexity index is 411. The van der Waals surface area contributed by atoms with Crippen LogP contribution in [0.2, 0.25) is 0 Å². The smallest absolute Gasteiger partial charge is 0.168 e. The Morgan fingerprint density at radius 1 is 1.31 bits per heavy atom. The van der Waals surface area contributed by atoms with Crippen LogP contribution >= 0.6 is 11.3 Å². The van der Waals surface area contributed by atoms with Gasteiger partial charge in [0.1, 0.15) is 5.69 Å². The van der Waals surface area contributed by atoms with Gasteiger partial charge in [-0.3, -0.25) is 4.79 Å². The second-order valence-electron chi connectivity index (χ2n) is 2.44. The van der Waals surface area contributed by atoms with Crippen LogP contribution in [-0.4, -0.2) is 16.3 Å². The van der Waals surface area contributed by atoms with E-state index in [4.69, 9.17) is 0 Å². The van der Waals surface area contributed by atoms with Crippen LogP contribution in [0.1, 0.15) is 10.5 Å². The molecule has 0 atom stereocenters. The molecule has 0 saturated carbocycles.